The highest BCUT2D eigenvalue weighted by Gasteiger charge is 2.11. The quantitative estimate of drug-likeness (QED) is 0.0954. The summed E-state index contributed by atoms with van der Waals surface area (Å²) in [5.74, 6) is 0.964. The van der Waals surface area contributed by atoms with Crippen LogP contribution in [-0.2, 0) is 19.4 Å². The first-order valence-corrected chi connectivity index (χ1v) is 14.4. The Morgan fingerprint density at radius 1 is 0.757 bits per heavy atom. The molecular formula is C31H34ClN3OS. The number of nitrogens with zero attached hydrogens (tertiary/aromatic N) is 3. The van der Waals surface area contributed by atoms with Crippen LogP contribution >= 0.6 is 23.4 Å². The van der Waals surface area contributed by atoms with Gasteiger partial charge in [0.25, 0.3) is 5.56 Å². The van der Waals surface area contributed by atoms with Crippen LogP contribution in [0.25, 0.3) is 0 Å². The number of thioether (sulfide) groups is 1. The molecule has 2 aromatic heterocycles. The summed E-state index contributed by atoms with van der Waals surface area (Å²) >= 11 is 7.65. The van der Waals surface area contributed by atoms with Crippen LogP contribution in [0.15, 0.2) is 95.3 Å². The Kier molecular flexibility index (Phi) is 10.8. The highest BCUT2D eigenvalue weighted by atomic mass is 35.5. The van der Waals surface area contributed by atoms with Gasteiger partial charge in [-0.1, -0.05) is 91.5 Å². The first kappa shape index (κ1) is 27.2. The maximum Gasteiger partial charge on any atom is 0.277 e. The standard InChI is InChI=1S/C31H34ClN3OS/c32-29-15-13-25(14-16-29)10-6-3-1-2-4-9-21-37-31-34-30(36)28(22-26-11-7-5-8-12-26)24-35(31)23-27-17-19-33-20-18-27/h5,7-8,11-20,24H,1-4,6,9-10,21-23H2. The summed E-state index contributed by atoms with van der Waals surface area (Å²) in [5, 5.41) is 1.59. The van der Waals surface area contributed by atoms with E-state index in [1.165, 1.54) is 37.7 Å². The molecule has 0 bridgehead atoms. The maximum absolute atomic E-state index is 12.8. The van der Waals surface area contributed by atoms with Gasteiger partial charge in [-0.25, -0.2) is 0 Å². The minimum Gasteiger partial charge on any atom is -0.323 e. The summed E-state index contributed by atoms with van der Waals surface area (Å²) in [6.07, 6.45) is 14.6. The summed E-state index contributed by atoms with van der Waals surface area (Å²) < 4.78 is 2.12. The van der Waals surface area contributed by atoms with E-state index in [0.717, 1.165) is 45.5 Å². The van der Waals surface area contributed by atoms with Gasteiger partial charge in [0.15, 0.2) is 5.16 Å². The highest BCUT2D eigenvalue weighted by molar-refractivity contribution is 7.99. The highest BCUT2D eigenvalue weighted by Crippen LogP contribution is 2.20. The van der Waals surface area contributed by atoms with Gasteiger partial charge >= 0.3 is 0 Å². The molecule has 0 aliphatic carbocycles. The largest absolute Gasteiger partial charge is 0.323 e. The molecule has 0 radical (unpaired) electrons. The Morgan fingerprint density at radius 3 is 2.22 bits per heavy atom. The number of hydrogen-bond donors (Lipinski definition) is 0. The van der Waals surface area contributed by atoms with Crippen molar-refractivity contribution in [1.82, 2.24) is 14.5 Å². The minimum absolute atomic E-state index is 0.127. The number of benzene rings is 2. The van der Waals surface area contributed by atoms with Crippen molar-refractivity contribution in [3.63, 3.8) is 0 Å². The first-order chi connectivity index (χ1) is 18.2. The molecule has 0 aliphatic rings. The van der Waals surface area contributed by atoms with Crippen molar-refractivity contribution in [2.45, 2.75) is 63.1 Å². The van der Waals surface area contributed by atoms with Crippen molar-refractivity contribution in [2.24, 2.45) is 0 Å². The molecule has 0 spiro atoms. The van der Waals surface area contributed by atoms with E-state index in [9.17, 15) is 4.79 Å². The number of pyridine rings is 1. The zero-order valence-electron chi connectivity index (χ0n) is 21.2. The van der Waals surface area contributed by atoms with E-state index in [0.29, 0.717) is 13.0 Å². The SMILES string of the molecule is O=c1nc(SCCCCCCCCc2ccc(Cl)cc2)n(Cc2ccncc2)cc1Cc1ccccc1. The summed E-state index contributed by atoms with van der Waals surface area (Å²) in [4.78, 5) is 21.5. The number of aromatic nitrogens is 3. The number of rotatable bonds is 14. The third kappa shape index (κ3) is 9.17. The second kappa shape index (κ2) is 14.7. The zero-order valence-corrected chi connectivity index (χ0v) is 22.8. The Bertz CT molecular complexity index is 1280. The van der Waals surface area contributed by atoms with Crippen LogP contribution in [0.5, 0.6) is 0 Å². The van der Waals surface area contributed by atoms with Crippen molar-refractivity contribution >= 4 is 23.4 Å². The van der Waals surface area contributed by atoms with Gasteiger partial charge in [0.2, 0.25) is 0 Å². The molecule has 192 valence electrons. The second-order valence-corrected chi connectivity index (χ2v) is 10.8. The smallest absolute Gasteiger partial charge is 0.277 e. The van der Waals surface area contributed by atoms with E-state index in [2.05, 4.69) is 26.7 Å². The fourth-order valence-corrected chi connectivity index (χ4v) is 5.41. The summed E-state index contributed by atoms with van der Waals surface area (Å²) in [7, 11) is 0. The van der Waals surface area contributed by atoms with Crippen molar-refractivity contribution in [3.8, 4) is 0 Å². The van der Waals surface area contributed by atoms with Gasteiger partial charge in [-0.2, -0.15) is 4.98 Å². The molecule has 0 N–H and O–H groups in total. The molecule has 2 aromatic carbocycles. The summed E-state index contributed by atoms with van der Waals surface area (Å²) in [6, 6.07) is 22.3. The molecule has 0 atom stereocenters. The molecule has 4 nitrogen and oxygen atoms in total. The normalized spacial score (nSPS) is 11.1. The third-order valence-corrected chi connectivity index (χ3v) is 7.70. The molecule has 4 rings (SSSR count). The van der Waals surface area contributed by atoms with E-state index in [-0.39, 0.29) is 5.56 Å². The Labute approximate surface area is 229 Å². The van der Waals surface area contributed by atoms with Crippen LogP contribution in [0.4, 0.5) is 0 Å². The van der Waals surface area contributed by atoms with E-state index in [1.807, 2.05) is 60.8 Å². The lowest BCUT2D eigenvalue weighted by Gasteiger charge is -2.14. The molecule has 0 saturated carbocycles. The van der Waals surface area contributed by atoms with Crippen molar-refractivity contribution in [2.75, 3.05) is 5.75 Å². The van der Waals surface area contributed by atoms with Crippen LogP contribution in [0, 0.1) is 0 Å². The Morgan fingerprint density at radius 2 is 1.46 bits per heavy atom. The summed E-state index contributed by atoms with van der Waals surface area (Å²) in [5.41, 5.74) is 4.22. The molecule has 6 heteroatoms. The molecule has 0 saturated heterocycles. The Balaban J connectivity index is 1.26. The van der Waals surface area contributed by atoms with Gasteiger partial charge in [0.1, 0.15) is 0 Å². The fourth-order valence-electron chi connectivity index (χ4n) is 4.32. The van der Waals surface area contributed by atoms with E-state index < -0.39 is 0 Å². The predicted molar refractivity (Wildman–Crippen MR) is 155 cm³/mol. The average Bonchev–Trinajstić information content (AvgIpc) is 2.92. The van der Waals surface area contributed by atoms with Gasteiger partial charge in [-0.15, -0.1) is 0 Å². The molecule has 37 heavy (non-hydrogen) atoms. The lowest BCUT2D eigenvalue weighted by molar-refractivity contribution is 0.608. The minimum atomic E-state index is -0.127. The molecular weight excluding hydrogens is 498 g/mol. The first-order valence-electron chi connectivity index (χ1n) is 13.1. The second-order valence-electron chi connectivity index (χ2n) is 9.35. The van der Waals surface area contributed by atoms with Crippen molar-refractivity contribution in [3.05, 3.63) is 123 Å². The van der Waals surface area contributed by atoms with Crippen LogP contribution < -0.4 is 5.56 Å². The fraction of sp³-hybridized carbons (Fsp3) is 0.323. The molecule has 0 unspecified atom stereocenters. The number of aryl methyl sites for hydroxylation is 1. The number of halogens is 1. The summed E-state index contributed by atoms with van der Waals surface area (Å²) in [6.45, 7) is 0.674. The monoisotopic (exact) mass is 531 g/mol. The number of hydrogen-bond acceptors (Lipinski definition) is 4. The van der Waals surface area contributed by atoms with Gasteiger partial charge in [-0.05, 0) is 60.2 Å². The van der Waals surface area contributed by atoms with Gasteiger partial charge in [0.05, 0.1) is 0 Å². The van der Waals surface area contributed by atoms with Gasteiger partial charge in [-0.3, -0.25) is 9.78 Å². The van der Waals surface area contributed by atoms with Gasteiger partial charge < -0.3 is 4.57 Å². The Hall–Kier alpha value is -2.89. The van der Waals surface area contributed by atoms with Crippen LogP contribution in [0.3, 0.4) is 0 Å². The van der Waals surface area contributed by atoms with E-state index >= 15 is 0 Å². The third-order valence-electron chi connectivity index (χ3n) is 6.37. The van der Waals surface area contributed by atoms with Crippen LogP contribution in [0.1, 0.15) is 60.8 Å². The lowest BCUT2D eigenvalue weighted by atomic mass is 10.1. The van der Waals surface area contributed by atoms with E-state index in [1.54, 1.807) is 24.2 Å². The van der Waals surface area contributed by atoms with Crippen LogP contribution in [0.2, 0.25) is 5.02 Å². The molecule has 0 aliphatic heterocycles. The van der Waals surface area contributed by atoms with Crippen molar-refractivity contribution in [1.29, 1.82) is 0 Å². The zero-order chi connectivity index (χ0) is 25.7. The number of unbranched alkanes of at least 4 members (excludes halogenated alkanes) is 5. The van der Waals surface area contributed by atoms with E-state index in [4.69, 9.17) is 11.6 Å². The molecule has 2 heterocycles. The topological polar surface area (TPSA) is 47.8 Å². The average molecular weight is 532 g/mol. The van der Waals surface area contributed by atoms with Crippen molar-refractivity contribution < 1.29 is 0 Å². The lowest BCUT2D eigenvalue weighted by Crippen LogP contribution is -2.20. The van der Waals surface area contributed by atoms with Crippen LogP contribution in [-0.4, -0.2) is 20.3 Å². The molecule has 0 fully saturated rings. The maximum atomic E-state index is 12.8. The van der Waals surface area contributed by atoms with Gasteiger partial charge in [0, 0.05) is 47.9 Å². The molecule has 0 amide bonds. The molecule has 4 aromatic rings. The predicted octanol–water partition coefficient (Wildman–Crippen LogP) is 7.61.